The van der Waals surface area contributed by atoms with Crippen molar-refractivity contribution in [3.63, 3.8) is 0 Å². The number of fused-ring (bicyclic) bond motifs is 1. The molecule has 2 heterocycles. The fourth-order valence-electron chi connectivity index (χ4n) is 3.57. The number of carbonyl (C=O) groups is 2. The van der Waals surface area contributed by atoms with E-state index in [1.54, 1.807) is 9.80 Å². The van der Waals surface area contributed by atoms with Gasteiger partial charge in [0.05, 0.1) is 6.04 Å². The zero-order chi connectivity index (χ0) is 19.4. The first-order valence-corrected chi connectivity index (χ1v) is 9.92. The van der Waals surface area contributed by atoms with Gasteiger partial charge in [-0.15, -0.1) is 0 Å². The van der Waals surface area contributed by atoms with Crippen molar-refractivity contribution in [3.05, 3.63) is 35.9 Å². The molecule has 2 aliphatic heterocycles. The molecular weight excluding hydrogens is 415 g/mol. The Balaban J connectivity index is 1.54. The second-order valence-electron chi connectivity index (χ2n) is 6.75. The van der Waals surface area contributed by atoms with Crippen molar-refractivity contribution in [1.29, 1.82) is 0 Å². The maximum atomic E-state index is 12.5. The molecule has 0 radical (unpaired) electrons. The quantitative estimate of drug-likeness (QED) is 0.667. The highest BCUT2D eigenvalue weighted by atomic mass is 35.6. The first kappa shape index (κ1) is 20.4. The van der Waals surface area contributed by atoms with Crippen LogP contribution in [0, 0.1) is 5.92 Å². The van der Waals surface area contributed by atoms with Gasteiger partial charge in [0.25, 0.3) is 0 Å². The van der Waals surface area contributed by atoms with E-state index in [1.807, 2.05) is 30.3 Å². The molecule has 0 spiro atoms. The molecule has 3 rings (SSSR count). The van der Waals surface area contributed by atoms with Crippen LogP contribution in [0.5, 0.6) is 0 Å². The van der Waals surface area contributed by atoms with Crippen LogP contribution >= 0.6 is 34.8 Å². The van der Waals surface area contributed by atoms with Gasteiger partial charge in [0.1, 0.15) is 13.2 Å². The molecular formula is C18H21Cl3N2O4. The van der Waals surface area contributed by atoms with Gasteiger partial charge in [0.2, 0.25) is 3.79 Å². The Kier molecular flexibility index (Phi) is 6.61. The Morgan fingerprint density at radius 2 is 1.74 bits per heavy atom. The van der Waals surface area contributed by atoms with E-state index in [9.17, 15) is 9.59 Å². The van der Waals surface area contributed by atoms with E-state index < -0.39 is 9.89 Å². The summed E-state index contributed by atoms with van der Waals surface area (Å²) >= 11 is 16.9. The molecule has 1 unspecified atom stereocenters. The molecule has 2 saturated heterocycles. The number of rotatable bonds is 3. The zero-order valence-electron chi connectivity index (χ0n) is 14.7. The number of carbonyl (C=O) groups excluding carboxylic acids is 2. The number of benzene rings is 1. The lowest BCUT2D eigenvalue weighted by molar-refractivity contribution is 0.0526. The molecule has 2 fully saturated rings. The number of alkyl halides is 3. The first-order chi connectivity index (χ1) is 12.8. The summed E-state index contributed by atoms with van der Waals surface area (Å²) in [7, 11) is 0. The van der Waals surface area contributed by atoms with Crippen LogP contribution in [0.15, 0.2) is 30.3 Å². The first-order valence-electron chi connectivity index (χ1n) is 8.79. The molecule has 0 bridgehead atoms. The maximum absolute atomic E-state index is 12.5. The third kappa shape index (κ3) is 5.56. The van der Waals surface area contributed by atoms with Crippen LogP contribution in [0.25, 0.3) is 0 Å². The van der Waals surface area contributed by atoms with Crippen LogP contribution in [0.1, 0.15) is 18.4 Å². The SMILES string of the molecule is O=C(OCC(Cl)(Cl)Cl)N1CCC2CCN(C(=O)OCc3ccccc3)[C@@H]2C1. The summed E-state index contributed by atoms with van der Waals surface area (Å²) in [5.41, 5.74) is 0.933. The van der Waals surface area contributed by atoms with Gasteiger partial charge in [-0.1, -0.05) is 65.1 Å². The summed E-state index contributed by atoms with van der Waals surface area (Å²) in [6, 6.07) is 9.44. The largest absolute Gasteiger partial charge is 0.445 e. The zero-order valence-corrected chi connectivity index (χ0v) is 16.9. The topological polar surface area (TPSA) is 59.1 Å². The van der Waals surface area contributed by atoms with Crippen LogP contribution in [-0.2, 0) is 16.1 Å². The van der Waals surface area contributed by atoms with Gasteiger partial charge in [-0.3, -0.25) is 0 Å². The minimum Gasteiger partial charge on any atom is -0.445 e. The fraction of sp³-hybridized carbons (Fsp3) is 0.556. The number of piperidine rings is 1. The third-order valence-corrected chi connectivity index (χ3v) is 5.25. The van der Waals surface area contributed by atoms with Crippen LogP contribution in [0.4, 0.5) is 9.59 Å². The molecule has 2 atom stereocenters. The van der Waals surface area contributed by atoms with Crippen molar-refractivity contribution in [2.45, 2.75) is 29.3 Å². The van der Waals surface area contributed by atoms with E-state index in [-0.39, 0.29) is 25.3 Å². The molecule has 0 aliphatic carbocycles. The van der Waals surface area contributed by atoms with E-state index in [4.69, 9.17) is 44.3 Å². The average molecular weight is 436 g/mol. The van der Waals surface area contributed by atoms with Crippen molar-refractivity contribution in [2.75, 3.05) is 26.2 Å². The minimum atomic E-state index is -1.64. The second-order valence-corrected chi connectivity index (χ2v) is 9.27. The molecule has 27 heavy (non-hydrogen) atoms. The number of hydrogen-bond donors (Lipinski definition) is 0. The lowest BCUT2D eigenvalue weighted by Crippen LogP contribution is -2.52. The molecule has 148 valence electrons. The van der Waals surface area contributed by atoms with Crippen molar-refractivity contribution in [3.8, 4) is 0 Å². The highest BCUT2D eigenvalue weighted by Gasteiger charge is 2.43. The molecule has 6 nitrogen and oxygen atoms in total. The van der Waals surface area contributed by atoms with Gasteiger partial charge >= 0.3 is 12.2 Å². The van der Waals surface area contributed by atoms with E-state index in [0.29, 0.717) is 25.6 Å². The summed E-state index contributed by atoms with van der Waals surface area (Å²) in [5.74, 6) is 0.353. The van der Waals surface area contributed by atoms with Gasteiger partial charge in [0, 0.05) is 19.6 Å². The molecule has 1 aromatic carbocycles. The highest BCUT2D eigenvalue weighted by molar-refractivity contribution is 6.67. The number of ether oxygens (including phenoxy) is 2. The summed E-state index contributed by atoms with van der Waals surface area (Å²) in [6.07, 6.45) is 0.810. The number of likely N-dealkylation sites (tertiary alicyclic amines) is 2. The Morgan fingerprint density at radius 1 is 1.04 bits per heavy atom. The van der Waals surface area contributed by atoms with Gasteiger partial charge in [-0.25, -0.2) is 9.59 Å². The van der Waals surface area contributed by atoms with Crippen LogP contribution < -0.4 is 0 Å². The second kappa shape index (κ2) is 8.76. The molecule has 9 heteroatoms. The third-order valence-electron chi connectivity index (χ3n) is 4.92. The van der Waals surface area contributed by atoms with Crippen LogP contribution in [0.3, 0.4) is 0 Å². The Hall–Kier alpha value is -1.37. The van der Waals surface area contributed by atoms with E-state index in [0.717, 1.165) is 18.4 Å². The summed E-state index contributed by atoms with van der Waals surface area (Å²) in [4.78, 5) is 28.0. The van der Waals surface area contributed by atoms with Gasteiger partial charge in [-0.2, -0.15) is 0 Å². The standard InChI is InChI=1S/C18H21Cl3N2O4/c19-18(20,21)12-27-16(24)22-8-6-14-7-9-23(15(14)10-22)17(25)26-11-13-4-2-1-3-5-13/h1-5,14-15H,6-12H2/t14?,15-/m1/s1. The van der Waals surface area contributed by atoms with Crippen molar-refractivity contribution in [2.24, 2.45) is 5.92 Å². The Bertz CT molecular complexity index is 668. The molecule has 0 N–H and O–H groups in total. The minimum absolute atomic E-state index is 0.0812. The number of halogens is 3. The molecule has 0 saturated carbocycles. The van der Waals surface area contributed by atoms with Crippen molar-refractivity contribution >= 4 is 47.0 Å². The Labute approximate surface area is 173 Å². The van der Waals surface area contributed by atoms with Crippen LogP contribution in [0.2, 0.25) is 0 Å². The van der Waals surface area contributed by atoms with Gasteiger partial charge in [0.15, 0.2) is 0 Å². The van der Waals surface area contributed by atoms with Gasteiger partial charge < -0.3 is 19.3 Å². The lowest BCUT2D eigenvalue weighted by atomic mass is 9.92. The summed E-state index contributed by atoms with van der Waals surface area (Å²) in [5, 5.41) is 0. The predicted molar refractivity (Wildman–Crippen MR) is 103 cm³/mol. The molecule has 2 amide bonds. The molecule has 1 aromatic rings. The van der Waals surface area contributed by atoms with Crippen molar-refractivity contribution < 1.29 is 19.1 Å². The van der Waals surface area contributed by atoms with Crippen LogP contribution in [-0.4, -0.2) is 58.1 Å². The lowest BCUT2D eigenvalue weighted by Gasteiger charge is -2.37. The van der Waals surface area contributed by atoms with Gasteiger partial charge in [-0.05, 0) is 24.3 Å². The number of hydrogen-bond acceptors (Lipinski definition) is 4. The average Bonchev–Trinajstić information content (AvgIpc) is 3.07. The monoisotopic (exact) mass is 434 g/mol. The van der Waals surface area contributed by atoms with E-state index in [2.05, 4.69) is 0 Å². The summed E-state index contributed by atoms with van der Waals surface area (Å²) < 4.78 is 8.86. The number of nitrogens with zero attached hydrogens (tertiary/aromatic N) is 2. The van der Waals surface area contributed by atoms with E-state index in [1.165, 1.54) is 0 Å². The smallest absolute Gasteiger partial charge is 0.410 e. The fourth-order valence-corrected chi connectivity index (χ4v) is 3.73. The Morgan fingerprint density at radius 3 is 2.44 bits per heavy atom. The molecule has 2 aliphatic rings. The predicted octanol–water partition coefficient (Wildman–Crippen LogP) is 4.23. The number of amides is 2. The van der Waals surface area contributed by atoms with E-state index >= 15 is 0 Å². The highest BCUT2D eigenvalue weighted by Crippen LogP contribution is 2.33. The van der Waals surface area contributed by atoms with Crippen molar-refractivity contribution in [1.82, 2.24) is 9.80 Å². The molecule has 0 aromatic heterocycles. The normalized spacial score (nSPS) is 22.3. The maximum Gasteiger partial charge on any atom is 0.410 e. The summed E-state index contributed by atoms with van der Waals surface area (Å²) in [6.45, 7) is 1.49.